The van der Waals surface area contributed by atoms with Crippen molar-refractivity contribution in [2.24, 2.45) is 5.92 Å². The van der Waals surface area contributed by atoms with Crippen LogP contribution in [-0.4, -0.2) is 0 Å². The Hall–Kier alpha value is -0.440. The van der Waals surface area contributed by atoms with Crippen molar-refractivity contribution in [3.8, 4) is 11.8 Å². The van der Waals surface area contributed by atoms with Gasteiger partial charge in [-0.3, -0.25) is 0 Å². The minimum absolute atomic E-state index is 0.950. The fourth-order valence-corrected chi connectivity index (χ4v) is 3.31. The van der Waals surface area contributed by atoms with Crippen molar-refractivity contribution in [1.82, 2.24) is 0 Å². The van der Waals surface area contributed by atoms with Crippen molar-refractivity contribution in [3.63, 3.8) is 0 Å². The van der Waals surface area contributed by atoms with Crippen LogP contribution in [0.5, 0.6) is 0 Å². The predicted octanol–water partition coefficient (Wildman–Crippen LogP) is 8.30. The molecule has 0 N–H and O–H groups in total. The van der Waals surface area contributed by atoms with E-state index in [0.717, 1.165) is 12.3 Å². The van der Waals surface area contributed by atoms with E-state index < -0.39 is 0 Å². The molecular weight excluding hydrogens is 276 g/mol. The zero-order valence-corrected chi connectivity index (χ0v) is 16.6. The minimum Gasteiger partial charge on any atom is -0.107 e. The van der Waals surface area contributed by atoms with Gasteiger partial charge in [0.1, 0.15) is 0 Å². The van der Waals surface area contributed by atoms with E-state index >= 15 is 0 Å². The Balaban J connectivity index is 3.15. The van der Waals surface area contributed by atoms with E-state index in [2.05, 4.69) is 25.7 Å². The molecule has 0 fully saturated rings. The maximum atomic E-state index is 3.16. The van der Waals surface area contributed by atoms with E-state index in [1.165, 1.54) is 103 Å². The van der Waals surface area contributed by atoms with Crippen LogP contribution in [-0.2, 0) is 0 Å². The Morgan fingerprint density at radius 1 is 0.609 bits per heavy atom. The molecule has 0 aliphatic rings. The molecule has 0 heteroatoms. The number of hydrogen-bond donors (Lipinski definition) is 0. The fraction of sp³-hybridized carbons (Fsp3) is 0.913. The molecule has 1 unspecified atom stereocenters. The van der Waals surface area contributed by atoms with Crippen LogP contribution >= 0.6 is 0 Å². The summed E-state index contributed by atoms with van der Waals surface area (Å²) >= 11 is 0. The quantitative estimate of drug-likeness (QED) is 0.187. The maximum Gasteiger partial charge on any atom is 0.00885 e. The van der Waals surface area contributed by atoms with E-state index in [9.17, 15) is 0 Å². The SMILES string of the molecule is CC#CCCCCCCCC(C)CCCCCCCCCCC. The summed E-state index contributed by atoms with van der Waals surface area (Å²) in [5.74, 6) is 7.09. The van der Waals surface area contributed by atoms with Crippen LogP contribution in [0.25, 0.3) is 0 Å². The number of hydrogen-bond acceptors (Lipinski definition) is 0. The third-order valence-electron chi connectivity index (χ3n) is 4.98. The van der Waals surface area contributed by atoms with E-state index in [0.29, 0.717) is 0 Å². The smallest absolute Gasteiger partial charge is 0.00885 e. The molecular formula is C23H44. The number of unbranched alkanes of at least 4 members (excludes halogenated alkanes) is 13. The van der Waals surface area contributed by atoms with Crippen molar-refractivity contribution < 1.29 is 0 Å². The first-order chi connectivity index (χ1) is 11.3. The van der Waals surface area contributed by atoms with E-state index in [-0.39, 0.29) is 0 Å². The normalized spacial score (nSPS) is 12.0. The monoisotopic (exact) mass is 320 g/mol. The van der Waals surface area contributed by atoms with Crippen LogP contribution in [0.1, 0.15) is 130 Å². The zero-order valence-electron chi connectivity index (χ0n) is 16.6. The van der Waals surface area contributed by atoms with Gasteiger partial charge in [0.2, 0.25) is 0 Å². The molecule has 136 valence electrons. The molecule has 0 nitrogen and oxygen atoms in total. The van der Waals surface area contributed by atoms with Gasteiger partial charge in [-0.15, -0.1) is 11.8 Å². The van der Waals surface area contributed by atoms with Crippen molar-refractivity contribution in [2.75, 3.05) is 0 Å². The highest BCUT2D eigenvalue weighted by Gasteiger charge is 2.02. The lowest BCUT2D eigenvalue weighted by atomic mass is 9.96. The number of rotatable bonds is 17. The largest absolute Gasteiger partial charge is 0.107 e. The Kier molecular flexibility index (Phi) is 19.2. The highest BCUT2D eigenvalue weighted by Crippen LogP contribution is 2.18. The lowest BCUT2D eigenvalue weighted by Crippen LogP contribution is -1.95. The van der Waals surface area contributed by atoms with Gasteiger partial charge >= 0.3 is 0 Å². The molecule has 0 saturated heterocycles. The van der Waals surface area contributed by atoms with Crippen molar-refractivity contribution in [2.45, 2.75) is 130 Å². The average molecular weight is 321 g/mol. The molecule has 0 aliphatic heterocycles. The van der Waals surface area contributed by atoms with Crippen LogP contribution in [0.15, 0.2) is 0 Å². The summed E-state index contributed by atoms with van der Waals surface area (Å²) in [5, 5.41) is 0. The van der Waals surface area contributed by atoms with Gasteiger partial charge in [0, 0.05) is 6.42 Å². The molecule has 0 heterocycles. The third-order valence-corrected chi connectivity index (χ3v) is 4.98. The second kappa shape index (κ2) is 19.6. The zero-order chi connectivity index (χ0) is 17.0. The summed E-state index contributed by atoms with van der Waals surface area (Å²) in [5.41, 5.74) is 0. The molecule has 0 aromatic rings. The molecule has 0 amide bonds. The highest BCUT2D eigenvalue weighted by molar-refractivity contribution is 4.94. The molecule has 0 spiro atoms. The van der Waals surface area contributed by atoms with Crippen molar-refractivity contribution in [1.29, 1.82) is 0 Å². The first-order valence-electron chi connectivity index (χ1n) is 10.7. The van der Waals surface area contributed by atoms with Gasteiger partial charge < -0.3 is 0 Å². The minimum atomic E-state index is 0.950. The van der Waals surface area contributed by atoms with E-state index in [1.807, 2.05) is 6.92 Å². The Bertz CT molecular complexity index is 267. The van der Waals surface area contributed by atoms with Gasteiger partial charge in [-0.2, -0.15) is 0 Å². The van der Waals surface area contributed by atoms with Gasteiger partial charge in [0.25, 0.3) is 0 Å². The highest BCUT2D eigenvalue weighted by atomic mass is 14.1. The summed E-state index contributed by atoms with van der Waals surface area (Å²) in [6.45, 7) is 6.69. The molecule has 23 heavy (non-hydrogen) atoms. The third kappa shape index (κ3) is 19.5. The maximum absolute atomic E-state index is 3.16. The van der Waals surface area contributed by atoms with Crippen LogP contribution in [0, 0.1) is 17.8 Å². The van der Waals surface area contributed by atoms with Crippen LogP contribution in [0.4, 0.5) is 0 Å². The Labute approximate surface area is 148 Å². The van der Waals surface area contributed by atoms with E-state index in [4.69, 9.17) is 0 Å². The molecule has 0 radical (unpaired) electrons. The van der Waals surface area contributed by atoms with Crippen LogP contribution in [0.2, 0.25) is 0 Å². The van der Waals surface area contributed by atoms with Gasteiger partial charge in [-0.05, 0) is 19.3 Å². The Morgan fingerprint density at radius 2 is 1.04 bits per heavy atom. The van der Waals surface area contributed by atoms with Crippen LogP contribution in [0.3, 0.4) is 0 Å². The second-order valence-corrected chi connectivity index (χ2v) is 7.46. The molecule has 0 rings (SSSR count). The molecule has 1 atom stereocenters. The van der Waals surface area contributed by atoms with E-state index in [1.54, 1.807) is 0 Å². The van der Waals surface area contributed by atoms with Gasteiger partial charge in [0.05, 0.1) is 0 Å². The standard InChI is InChI=1S/C23H44/c1-4-6-8-10-12-14-16-18-20-22-23(3)21-19-17-15-13-11-9-7-5-2/h23H,4,6,8-22H2,1-3H3. The molecule has 0 aromatic heterocycles. The summed E-state index contributed by atoms with van der Waals surface area (Å²) < 4.78 is 0. The van der Waals surface area contributed by atoms with Crippen LogP contribution < -0.4 is 0 Å². The summed E-state index contributed by atoms with van der Waals surface area (Å²) in [4.78, 5) is 0. The molecule has 0 bridgehead atoms. The first-order valence-corrected chi connectivity index (χ1v) is 10.7. The molecule has 0 saturated carbocycles. The predicted molar refractivity (Wildman–Crippen MR) is 107 cm³/mol. The molecule has 0 aliphatic carbocycles. The summed E-state index contributed by atoms with van der Waals surface area (Å²) in [7, 11) is 0. The first kappa shape index (κ1) is 22.6. The van der Waals surface area contributed by atoms with Gasteiger partial charge in [-0.1, -0.05) is 110 Å². The lowest BCUT2D eigenvalue weighted by Gasteiger charge is -2.11. The Morgan fingerprint density at radius 3 is 1.52 bits per heavy atom. The average Bonchev–Trinajstić information content (AvgIpc) is 2.56. The topological polar surface area (TPSA) is 0 Å². The second-order valence-electron chi connectivity index (χ2n) is 7.46. The van der Waals surface area contributed by atoms with Gasteiger partial charge in [-0.25, -0.2) is 0 Å². The summed E-state index contributed by atoms with van der Waals surface area (Å²) in [6, 6.07) is 0. The lowest BCUT2D eigenvalue weighted by molar-refractivity contribution is 0.431. The van der Waals surface area contributed by atoms with Crippen molar-refractivity contribution in [3.05, 3.63) is 0 Å². The van der Waals surface area contributed by atoms with Crippen molar-refractivity contribution >= 4 is 0 Å². The van der Waals surface area contributed by atoms with Gasteiger partial charge in [0.15, 0.2) is 0 Å². The fourth-order valence-electron chi connectivity index (χ4n) is 3.31. The molecule has 0 aromatic carbocycles. The summed E-state index contributed by atoms with van der Waals surface area (Å²) in [6.07, 6.45) is 24.1.